The summed E-state index contributed by atoms with van der Waals surface area (Å²) in [4.78, 5) is 2.46. The quantitative estimate of drug-likeness (QED) is 0.521. The number of nitrogens with zero attached hydrogens (tertiary/aromatic N) is 6. The number of anilines is 1. The SMILES string of the molecule is CC1(NS(=O)(=O)c2cc(N3CCC4(CC3)COC4)n3ncc(-c4nnc(C5(C#N)CC5)s4)c3c2)CC1. The minimum Gasteiger partial charge on any atom is -0.380 e. The van der Waals surface area contributed by atoms with E-state index in [1.807, 2.05) is 11.4 Å². The maximum Gasteiger partial charge on any atom is 0.241 e. The van der Waals surface area contributed by atoms with Crippen molar-refractivity contribution >= 4 is 32.7 Å². The van der Waals surface area contributed by atoms with Crippen LogP contribution >= 0.6 is 11.3 Å². The number of rotatable bonds is 6. The van der Waals surface area contributed by atoms with Crippen molar-refractivity contribution in [3.63, 3.8) is 0 Å². The number of aromatic nitrogens is 4. The first-order valence-electron chi connectivity index (χ1n) is 12.4. The van der Waals surface area contributed by atoms with Gasteiger partial charge in [-0.3, -0.25) is 0 Å². The maximum absolute atomic E-state index is 13.4. The molecule has 0 atom stereocenters. The molecule has 0 bridgehead atoms. The second-order valence-corrected chi connectivity index (χ2v) is 13.8. The van der Waals surface area contributed by atoms with E-state index in [2.05, 4.69) is 31.0 Å². The summed E-state index contributed by atoms with van der Waals surface area (Å²) in [5.41, 5.74) is 0.769. The van der Waals surface area contributed by atoms with Crippen LogP contribution in [0.4, 0.5) is 5.82 Å². The maximum atomic E-state index is 13.4. The van der Waals surface area contributed by atoms with Crippen molar-refractivity contribution in [1.82, 2.24) is 24.5 Å². The van der Waals surface area contributed by atoms with E-state index in [1.54, 1.807) is 18.3 Å². The molecule has 10 nitrogen and oxygen atoms in total. The monoisotopic (exact) mass is 525 g/mol. The molecule has 2 saturated carbocycles. The standard InChI is InChI=1S/C24H27N7O3S2/c1-22(2-3-22)29-36(32,33)16-10-18-17(20-27-28-21(35-20)24(13-25)4-5-24)12-26-31(18)19(11-16)30-8-6-23(7-9-30)14-34-15-23/h10-12,29H,2-9,14-15H2,1H3. The van der Waals surface area contributed by atoms with Crippen LogP contribution in [-0.2, 0) is 20.2 Å². The van der Waals surface area contributed by atoms with Gasteiger partial charge < -0.3 is 9.64 Å². The summed E-state index contributed by atoms with van der Waals surface area (Å²) in [5, 5.41) is 24.3. The summed E-state index contributed by atoms with van der Waals surface area (Å²) in [6, 6.07) is 5.80. The molecule has 4 aliphatic rings. The number of pyridine rings is 1. The number of fused-ring (bicyclic) bond motifs is 1. The number of nitrogens with one attached hydrogen (secondary N) is 1. The van der Waals surface area contributed by atoms with E-state index >= 15 is 0 Å². The van der Waals surface area contributed by atoms with Crippen LogP contribution in [0.3, 0.4) is 0 Å². The Labute approximate surface area is 213 Å². The smallest absolute Gasteiger partial charge is 0.241 e. The van der Waals surface area contributed by atoms with Crippen LogP contribution in [0.15, 0.2) is 23.2 Å². The highest BCUT2D eigenvalue weighted by molar-refractivity contribution is 7.89. The Bertz CT molecular complexity index is 1510. The highest BCUT2D eigenvalue weighted by Crippen LogP contribution is 2.49. The van der Waals surface area contributed by atoms with E-state index in [4.69, 9.17) is 4.74 Å². The molecule has 1 N–H and O–H groups in total. The number of sulfonamides is 1. The topological polar surface area (TPSA) is 126 Å². The summed E-state index contributed by atoms with van der Waals surface area (Å²) in [5.74, 6) is 0.760. The Morgan fingerprint density at radius 1 is 1.11 bits per heavy atom. The van der Waals surface area contributed by atoms with E-state index in [-0.39, 0.29) is 15.8 Å². The Morgan fingerprint density at radius 2 is 1.86 bits per heavy atom. The van der Waals surface area contributed by atoms with Gasteiger partial charge in [0.1, 0.15) is 16.2 Å². The lowest BCUT2D eigenvalue weighted by Crippen LogP contribution is -2.51. The van der Waals surface area contributed by atoms with Gasteiger partial charge in [-0.15, -0.1) is 10.2 Å². The number of hydrogen-bond donors (Lipinski definition) is 1. The van der Waals surface area contributed by atoms with E-state index < -0.39 is 15.4 Å². The molecular formula is C24H27N7O3S2. The third-order valence-corrected chi connectivity index (χ3v) is 11.0. The van der Waals surface area contributed by atoms with Crippen molar-refractivity contribution in [2.45, 2.75) is 61.3 Å². The minimum atomic E-state index is -3.73. The first-order valence-corrected chi connectivity index (χ1v) is 14.7. The summed E-state index contributed by atoms with van der Waals surface area (Å²) >= 11 is 1.39. The fourth-order valence-corrected chi connectivity index (χ4v) is 7.73. The van der Waals surface area contributed by atoms with Gasteiger partial charge in [-0.05, 0) is 51.5 Å². The molecule has 36 heavy (non-hydrogen) atoms. The lowest BCUT2D eigenvalue weighted by Gasteiger charge is -2.47. The Hall–Kier alpha value is -2.59. The van der Waals surface area contributed by atoms with E-state index in [1.165, 1.54) is 11.3 Å². The molecule has 5 heterocycles. The third-order valence-electron chi connectivity index (χ3n) is 8.26. The van der Waals surface area contributed by atoms with Gasteiger partial charge in [-0.25, -0.2) is 17.7 Å². The van der Waals surface area contributed by atoms with Crippen LogP contribution in [0.1, 0.15) is 50.5 Å². The predicted octanol–water partition coefficient (Wildman–Crippen LogP) is 2.86. The molecule has 0 aromatic carbocycles. The van der Waals surface area contributed by atoms with Gasteiger partial charge in [0, 0.05) is 30.1 Å². The molecule has 4 fully saturated rings. The van der Waals surface area contributed by atoms with Gasteiger partial charge in [-0.2, -0.15) is 10.4 Å². The van der Waals surface area contributed by atoms with Crippen molar-refractivity contribution in [1.29, 1.82) is 5.26 Å². The first kappa shape index (κ1) is 22.6. The van der Waals surface area contributed by atoms with Crippen molar-refractivity contribution in [3.8, 4) is 16.6 Å². The Morgan fingerprint density at radius 3 is 2.47 bits per heavy atom. The highest BCUT2D eigenvalue weighted by Gasteiger charge is 2.48. The zero-order valence-electron chi connectivity index (χ0n) is 20.0. The molecule has 0 unspecified atom stereocenters. The largest absolute Gasteiger partial charge is 0.380 e. The fraction of sp³-hybridized carbons (Fsp3) is 0.583. The van der Waals surface area contributed by atoms with Gasteiger partial charge >= 0.3 is 0 Å². The second-order valence-electron chi connectivity index (χ2n) is 11.2. The second kappa shape index (κ2) is 7.47. The molecule has 12 heteroatoms. The average Bonchev–Trinajstić information content (AvgIpc) is 3.67. The zero-order chi connectivity index (χ0) is 24.8. The molecule has 3 aromatic heterocycles. The zero-order valence-corrected chi connectivity index (χ0v) is 21.7. The van der Waals surface area contributed by atoms with Crippen molar-refractivity contribution in [3.05, 3.63) is 23.3 Å². The van der Waals surface area contributed by atoms with Crippen molar-refractivity contribution in [2.24, 2.45) is 5.41 Å². The van der Waals surface area contributed by atoms with E-state index in [9.17, 15) is 13.7 Å². The number of ether oxygens (including phenoxy) is 1. The van der Waals surface area contributed by atoms with E-state index in [0.717, 1.165) is 81.2 Å². The van der Waals surface area contributed by atoms with Crippen LogP contribution < -0.4 is 9.62 Å². The molecule has 0 amide bonds. The summed E-state index contributed by atoms with van der Waals surface area (Å²) in [7, 11) is -3.73. The molecule has 7 rings (SSSR count). The molecular weight excluding hydrogens is 498 g/mol. The fourth-order valence-electron chi connectivity index (χ4n) is 5.18. The lowest BCUT2D eigenvalue weighted by molar-refractivity contribution is -0.124. The Balaban J connectivity index is 1.32. The first-order chi connectivity index (χ1) is 17.2. The van der Waals surface area contributed by atoms with Crippen molar-refractivity contribution in [2.75, 3.05) is 31.2 Å². The molecule has 2 aliphatic heterocycles. The third kappa shape index (κ3) is 3.55. The van der Waals surface area contributed by atoms with Crippen LogP contribution in [-0.4, -0.2) is 60.1 Å². The van der Waals surface area contributed by atoms with Crippen molar-refractivity contribution < 1.29 is 13.2 Å². The normalized spacial score (nSPS) is 23.4. The van der Waals surface area contributed by atoms with Gasteiger partial charge in [0.05, 0.1) is 41.5 Å². The van der Waals surface area contributed by atoms with E-state index in [0.29, 0.717) is 10.5 Å². The molecule has 188 valence electrons. The molecule has 2 saturated heterocycles. The van der Waals surface area contributed by atoms with Crippen LogP contribution in [0, 0.1) is 16.7 Å². The predicted molar refractivity (Wildman–Crippen MR) is 133 cm³/mol. The molecule has 0 radical (unpaired) electrons. The van der Waals surface area contributed by atoms with Crippen LogP contribution in [0.2, 0.25) is 0 Å². The van der Waals surface area contributed by atoms with Gasteiger partial charge in [-0.1, -0.05) is 11.3 Å². The van der Waals surface area contributed by atoms with Gasteiger partial charge in [0.2, 0.25) is 10.0 Å². The summed E-state index contributed by atoms with van der Waals surface area (Å²) in [6.07, 6.45) is 7.01. The molecule has 3 aromatic rings. The number of hydrogen-bond acceptors (Lipinski definition) is 9. The van der Waals surface area contributed by atoms with Crippen LogP contribution in [0.25, 0.3) is 16.1 Å². The average molecular weight is 526 g/mol. The Kier molecular flexibility index (Phi) is 4.69. The van der Waals surface area contributed by atoms with Gasteiger partial charge in [0.25, 0.3) is 0 Å². The number of piperidine rings is 1. The lowest BCUT2D eigenvalue weighted by atomic mass is 9.77. The van der Waals surface area contributed by atoms with Gasteiger partial charge in [0.15, 0.2) is 5.01 Å². The number of nitriles is 1. The van der Waals surface area contributed by atoms with Crippen LogP contribution in [0.5, 0.6) is 0 Å². The summed E-state index contributed by atoms with van der Waals surface area (Å²) < 4.78 is 37.1. The summed E-state index contributed by atoms with van der Waals surface area (Å²) in [6.45, 7) is 5.18. The molecule has 1 spiro atoms. The molecule has 2 aliphatic carbocycles. The highest BCUT2D eigenvalue weighted by atomic mass is 32.2. The minimum absolute atomic E-state index is 0.229.